The van der Waals surface area contributed by atoms with Gasteiger partial charge in [0.25, 0.3) is 5.91 Å². The van der Waals surface area contributed by atoms with E-state index in [9.17, 15) is 27.5 Å². The number of halogens is 4. The van der Waals surface area contributed by atoms with E-state index in [1.54, 1.807) is 12.1 Å². The highest BCUT2D eigenvalue weighted by atomic mass is 19.4. The maximum atomic E-state index is 14.6. The zero-order valence-corrected chi connectivity index (χ0v) is 20.6. The van der Waals surface area contributed by atoms with E-state index >= 15 is 0 Å². The fourth-order valence-corrected chi connectivity index (χ4v) is 4.48. The number of aliphatic hydroxyl groups is 1. The Morgan fingerprint density at radius 1 is 1.32 bits per heavy atom. The first-order valence-corrected chi connectivity index (χ1v) is 12.2. The number of aromatic nitrogens is 4. The van der Waals surface area contributed by atoms with Crippen molar-refractivity contribution in [1.29, 1.82) is 0 Å². The highest BCUT2D eigenvalue weighted by Gasteiger charge is 2.43. The molecule has 0 aromatic carbocycles. The maximum Gasteiger partial charge on any atom is 0.393 e. The number of pyridine rings is 1. The molecule has 1 saturated carbocycles. The molecular formula is C25H27F4N7O2. The standard InChI is InChI=1S/C25H27F4N7O2/c1-34-11-7-20(18(26)15-34)32-22-6-2-5-21-17(12-25(27,28)29)19(33-36(21)22)4-3-10-30-23(37)16-13-31-35(14-16)24(38)8-9-24/h2,5-6,13-14,18,20,32,38H,7-12,15H2,1H3,(H,30,37)/t18-,20+/m0/s1. The smallest absolute Gasteiger partial charge is 0.369 e. The van der Waals surface area contributed by atoms with Gasteiger partial charge in [-0.15, -0.1) is 0 Å². The van der Waals surface area contributed by atoms with Crippen molar-refractivity contribution in [3.63, 3.8) is 0 Å². The van der Waals surface area contributed by atoms with E-state index < -0.39 is 36.4 Å². The van der Waals surface area contributed by atoms with Crippen LogP contribution in [0.4, 0.5) is 23.4 Å². The molecule has 1 amide bonds. The van der Waals surface area contributed by atoms with E-state index in [1.165, 1.54) is 27.7 Å². The Bertz CT molecular complexity index is 1400. The van der Waals surface area contributed by atoms with Gasteiger partial charge in [0.1, 0.15) is 17.7 Å². The van der Waals surface area contributed by atoms with Gasteiger partial charge in [-0.05, 0) is 31.5 Å². The lowest BCUT2D eigenvalue weighted by Crippen LogP contribution is -2.46. The van der Waals surface area contributed by atoms with Crippen molar-refractivity contribution in [2.24, 2.45) is 0 Å². The second-order valence-corrected chi connectivity index (χ2v) is 9.79. The fraction of sp³-hybridized carbons (Fsp3) is 0.480. The van der Waals surface area contributed by atoms with Crippen LogP contribution in [0, 0.1) is 11.8 Å². The van der Waals surface area contributed by atoms with Crippen LogP contribution in [-0.2, 0) is 12.1 Å². The van der Waals surface area contributed by atoms with E-state index in [0.29, 0.717) is 31.6 Å². The van der Waals surface area contributed by atoms with Crippen LogP contribution in [0.15, 0.2) is 30.6 Å². The van der Waals surface area contributed by atoms with E-state index in [-0.39, 0.29) is 35.4 Å². The van der Waals surface area contributed by atoms with Crippen molar-refractivity contribution >= 4 is 17.2 Å². The average Bonchev–Trinajstić information content (AvgIpc) is 3.26. The number of alkyl halides is 4. The molecule has 9 nitrogen and oxygen atoms in total. The van der Waals surface area contributed by atoms with Crippen LogP contribution in [-0.4, -0.2) is 80.4 Å². The van der Waals surface area contributed by atoms with E-state index in [0.717, 1.165) is 0 Å². The number of nitrogens with one attached hydrogen (secondary N) is 2. The number of likely N-dealkylation sites (tertiary alicyclic amines) is 1. The van der Waals surface area contributed by atoms with Gasteiger partial charge in [0.15, 0.2) is 5.72 Å². The molecule has 0 bridgehead atoms. The lowest BCUT2D eigenvalue weighted by Gasteiger charge is -2.33. The molecule has 1 aliphatic heterocycles. The zero-order valence-electron chi connectivity index (χ0n) is 20.6. The topological polar surface area (TPSA) is 99.7 Å². The summed E-state index contributed by atoms with van der Waals surface area (Å²) in [6, 6.07) is 4.25. The van der Waals surface area contributed by atoms with Crippen LogP contribution < -0.4 is 10.6 Å². The minimum absolute atomic E-state index is 0.0743. The first kappa shape index (κ1) is 26.0. The average molecular weight is 534 g/mol. The van der Waals surface area contributed by atoms with Crippen molar-refractivity contribution < 1.29 is 27.5 Å². The third-order valence-electron chi connectivity index (χ3n) is 6.73. The van der Waals surface area contributed by atoms with Gasteiger partial charge in [-0.25, -0.2) is 13.6 Å². The predicted octanol–water partition coefficient (Wildman–Crippen LogP) is 2.31. The number of carbonyl (C=O) groups excluding carboxylic acids is 1. The largest absolute Gasteiger partial charge is 0.393 e. The molecule has 2 atom stereocenters. The van der Waals surface area contributed by atoms with Crippen LogP contribution in [0.2, 0.25) is 0 Å². The highest BCUT2D eigenvalue weighted by Crippen LogP contribution is 2.39. The Hall–Kier alpha value is -3.63. The summed E-state index contributed by atoms with van der Waals surface area (Å²) in [5, 5.41) is 24.0. The summed E-state index contributed by atoms with van der Waals surface area (Å²) < 4.78 is 57.5. The number of fused-ring (bicyclic) bond motifs is 1. The molecule has 2 fully saturated rings. The van der Waals surface area contributed by atoms with Crippen molar-refractivity contribution in [2.45, 2.75) is 49.8 Å². The van der Waals surface area contributed by atoms with Gasteiger partial charge in [-0.2, -0.15) is 23.4 Å². The molecule has 3 aromatic heterocycles. The van der Waals surface area contributed by atoms with Gasteiger partial charge < -0.3 is 20.6 Å². The lowest BCUT2D eigenvalue weighted by atomic mass is 10.0. The first-order chi connectivity index (χ1) is 18.0. The van der Waals surface area contributed by atoms with Crippen LogP contribution in [0.1, 0.15) is 40.9 Å². The van der Waals surface area contributed by atoms with Crippen LogP contribution >= 0.6 is 0 Å². The second kappa shape index (κ2) is 9.92. The third kappa shape index (κ3) is 5.61. The molecule has 38 heavy (non-hydrogen) atoms. The van der Waals surface area contributed by atoms with Crippen LogP contribution in [0.5, 0.6) is 0 Å². The molecule has 202 valence electrons. The fourth-order valence-electron chi connectivity index (χ4n) is 4.48. The molecule has 2 aliphatic rings. The first-order valence-electron chi connectivity index (χ1n) is 12.2. The second-order valence-electron chi connectivity index (χ2n) is 9.79. The number of amides is 1. The maximum absolute atomic E-state index is 14.6. The van der Waals surface area contributed by atoms with Crippen molar-refractivity contribution in [1.82, 2.24) is 29.6 Å². The molecule has 13 heteroatoms. The number of rotatable bonds is 6. The quantitative estimate of drug-likeness (QED) is 0.332. The molecule has 0 unspecified atom stereocenters. The number of anilines is 1. The monoisotopic (exact) mass is 533 g/mol. The van der Waals surface area contributed by atoms with Crippen molar-refractivity contribution in [3.05, 3.63) is 47.4 Å². The van der Waals surface area contributed by atoms with E-state index in [1.807, 2.05) is 11.9 Å². The summed E-state index contributed by atoms with van der Waals surface area (Å²) in [5.74, 6) is 5.21. The summed E-state index contributed by atoms with van der Waals surface area (Å²) in [6.07, 6.45) is -2.47. The minimum atomic E-state index is -4.50. The molecule has 3 N–H and O–H groups in total. The predicted molar refractivity (Wildman–Crippen MR) is 130 cm³/mol. The normalized spacial score (nSPS) is 21.1. The Morgan fingerprint density at radius 3 is 2.82 bits per heavy atom. The van der Waals surface area contributed by atoms with E-state index in [2.05, 4.69) is 32.7 Å². The summed E-state index contributed by atoms with van der Waals surface area (Å²) in [5.41, 5.74) is -0.764. The van der Waals surface area contributed by atoms with Crippen LogP contribution in [0.3, 0.4) is 0 Å². The van der Waals surface area contributed by atoms with E-state index in [4.69, 9.17) is 0 Å². The number of piperidine rings is 1. The van der Waals surface area contributed by atoms with Gasteiger partial charge in [-0.1, -0.05) is 12.0 Å². The van der Waals surface area contributed by atoms with Gasteiger partial charge in [0.05, 0.1) is 36.3 Å². The SMILES string of the molecule is CN1CC[C@@H](Nc2cccc3c(CC(F)(F)F)c(C#CCNC(=O)c4cnn(C5(O)CC5)c4)nn23)[C@@H](F)C1. The Morgan fingerprint density at radius 2 is 2.11 bits per heavy atom. The Labute approximate surface area is 215 Å². The molecular weight excluding hydrogens is 506 g/mol. The summed E-state index contributed by atoms with van der Waals surface area (Å²) in [4.78, 5) is 14.3. The molecule has 1 aliphatic carbocycles. The molecule has 3 aromatic rings. The Kier molecular flexibility index (Phi) is 6.79. The highest BCUT2D eigenvalue weighted by molar-refractivity contribution is 5.93. The van der Waals surface area contributed by atoms with Gasteiger partial charge >= 0.3 is 6.18 Å². The summed E-state index contributed by atoms with van der Waals surface area (Å²) in [6.45, 7) is 0.810. The summed E-state index contributed by atoms with van der Waals surface area (Å²) in [7, 11) is 1.83. The number of hydrogen-bond donors (Lipinski definition) is 3. The van der Waals surface area contributed by atoms with Gasteiger partial charge in [-0.3, -0.25) is 4.79 Å². The third-order valence-corrected chi connectivity index (χ3v) is 6.73. The zero-order chi connectivity index (χ0) is 27.1. The molecule has 1 saturated heterocycles. The molecule has 0 radical (unpaired) electrons. The molecule has 5 rings (SSSR count). The molecule has 0 spiro atoms. The van der Waals surface area contributed by atoms with Gasteiger partial charge in [0, 0.05) is 37.7 Å². The number of hydrogen-bond acceptors (Lipinski definition) is 6. The van der Waals surface area contributed by atoms with Crippen molar-refractivity contribution in [2.75, 3.05) is 32.0 Å². The summed E-state index contributed by atoms with van der Waals surface area (Å²) >= 11 is 0. The van der Waals surface area contributed by atoms with Crippen LogP contribution in [0.25, 0.3) is 5.52 Å². The number of carbonyl (C=O) groups is 1. The van der Waals surface area contributed by atoms with Gasteiger partial charge in [0.2, 0.25) is 0 Å². The minimum Gasteiger partial charge on any atom is -0.369 e. The molecule has 4 heterocycles. The number of nitrogens with zero attached hydrogens (tertiary/aromatic N) is 5. The van der Waals surface area contributed by atoms with Crippen molar-refractivity contribution in [3.8, 4) is 11.8 Å². The Balaban J connectivity index is 1.35. The lowest BCUT2D eigenvalue weighted by molar-refractivity contribution is -0.127.